The molecule has 1 aliphatic carbocycles. The predicted molar refractivity (Wildman–Crippen MR) is 126 cm³/mol. The van der Waals surface area contributed by atoms with Crippen molar-refractivity contribution in [3.05, 3.63) is 63.5 Å². The summed E-state index contributed by atoms with van der Waals surface area (Å²) in [6.45, 7) is 12.7. The van der Waals surface area contributed by atoms with Gasteiger partial charge in [0.15, 0.2) is 0 Å². The van der Waals surface area contributed by atoms with Gasteiger partial charge in [0.05, 0.1) is 16.7 Å². The van der Waals surface area contributed by atoms with E-state index in [1.807, 2.05) is 32.2 Å². The number of halogens is 1. The molecule has 0 fully saturated rings. The van der Waals surface area contributed by atoms with Crippen molar-refractivity contribution >= 4 is 29.5 Å². The standard InChI is InChI=1S/C23H28ClN3.C2H6/c1-4-8-19(5-2)26-16(3)22-14-18(13-17-11-12-23(24)25-15-17)20-9-6-7-10-21(20)27-22;1-2/h9-12,14-15,19,26H,3-8,13H2,1-2H3;1-2H3. The van der Waals surface area contributed by atoms with Crippen LogP contribution in [-0.4, -0.2) is 16.0 Å². The Morgan fingerprint density at radius 1 is 1.21 bits per heavy atom. The Kier molecular flexibility index (Phi) is 9.40. The molecule has 0 bridgehead atoms. The second-order valence-corrected chi connectivity index (χ2v) is 7.52. The molecule has 1 N–H and O–H groups in total. The lowest BCUT2D eigenvalue weighted by atomic mass is 10.00. The van der Waals surface area contributed by atoms with Crippen LogP contribution in [0.3, 0.4) is 0 Å². The van der Waals surface area contributed by atoms with Crippen molar-refractivity contribution < 1.29 is 0 Å². The lowest BCUT2D eigenvalue weighted by Gasteiger charge is -2.20. The number of aromatic nitrogens is 2. The number of hydrogen-bond acceptors (Lipinski definition) is 3. The van der Waals surface area contributed by atoms with E-state index in [2.05, 4.69) is 48.9 Å². The van der Waals surface area contributed by atoms with Crippen LogP contribution in [-0.2, 0) is 6.42 Å². The van der Waals surface area contributed by atoms with Gasteiger partial charge in [-0.15, -0.1) is 0 Å². The third-order valence-corrected chi connectivity index (χ3v) is 5.25. The van der Waals surface area contributed by atoms with E-state index in [9.17, 15) is 0 Å². The molecule has 1 unspecified atom stereocenters. The third-order valence-electron chi connectivity index (χ3n) is 5.03. The van der Waals surface area contributed by atoms with E-state index >= 15 is 0 Å². The molecule has 4 heteroatoms. The van der Waals surface area contributed by atoms with E-state index in [0.29, 0.717) is 11.2 Å². The summed E-state index contributed by atoms with van der Waals surface area (Å²) in [5.74, 6) is 0. The van der Waals surface area contributed by atoms with Crippen LogP contribution >= 0.6 is 11.6 Å². The Bertz CT molecular complexity index is 916. The topological polar surface area (TPSA) is 37.8 Å². The number of pyridine rings is 2. The van der Waals surface area contributed by atoms with Gasteiger partial charge < -0.3 is 5.32 Å². The van der Waals surface area contributed by atoms with Gasteiger partial charge in [0, 0.05) is 12.2 Å². The highest BCUT2D eigenvalue weighted by Gasteiger charge is 2.12. The molecule has 1 aliphatic rings. The molecule has 29 heavy (non-hydrogen) atoms. The molecule has 0 spiro atoms. The van der Waals surface area contributed by atoms with Crippen LogP contribution in [0.4, 0.5) is 0 Å². The van der Waals surface area contributed by atoms with Crippen molar-refractivity contribution in [2.24, 2.45) is 0 Å². The number of nitrogens with zero attached hydrogens (tertiary/aromatic N) is 2. The fourth-order valence-corrected chi connectivity index (χ4v) is 3.66. The molecule has 0 aromatic carbocycles. The first-order chi connectivity index (χ1) is 14.1. The first-order valence-corrected chi connectivity index (χ1v) is 11.2. The molecule has 2 aromatic rings. The summed E-state index contributed by atoms with van der Waals surface area (Å²) in [5.41, 5.74) is 4.26. The summed E-state index contributed by atoms with van der Waals surface area (Å²) >= 11 is 5.93. The largest absolute Gasteiger partial charge is 0.381 e. The molecule has 156 valence electrons. The van der Waals surface area contributed by atoms with Crippen molar-refractivity contribution in [3.8, 4) is 0 Å². The van der Waals surface area contributed by atoms with Gasteiger partial charge in [-0.1, -0.05) is 70.5 Å². The average molecular weight is 412 g/mol. The highest BCUT2D eigenvalue weighted by molar-refractivity contribution is 6.29. The van der Waals surface area contributed by atoms with Crippen LogP contribution in [0.15, 0.2) is 31.0 Å². The fourth-order valence-electron chi connectivity index (χ4n) is 3.55. The minimum atomic E-state index is 0.444. The Morgan fingerprint density at radius 3 is 2.62 bits per heavy atom. The maximum absolute atomic E-state index is 5.93. The number of hydrogen-bond donors (Lipinski definition) is 1. The summed E-state index contributed by atoms with van der Waals surface area (Å²) in [5, 5.41) is 6.42. The second-order valence-electron chi connectivity index (χ2n) is 7.13. The first-order valence-electron chi connectivity index (χ1n) is 10.9. The van der Waals surface area contributed by atoms with Crippen LogP contribution in [0, 0.1) is 0 Å². The second kappa shape index (κ2) is 11.8. The fraction of sp³-hybridized carbons (Fsp3) is 0.440. The Balaban J connectivity index is 0.00000145. The quantitative estimate of drug-likeness (QED) is 0.603. The Labute approximate surface area is 180 Å². The molecule has 0 radical (unpaired) electrons. The molecule has 2 aromatic heterocycles. The van der Waals surface area contributed by atoms with Crippen molar-refractivity contribution in [1.82, 2.24) is 15.3 Å². The van der Waals surface area contributed by atoms with Crippen molar-refractivity contribution in [1.29, 1.82) is 0 Å². The molecule has 3 nitrogen and oxygen atoms in total. The van der Waals surface area contributed by atoms with E-state index in [-0.39, 0.29) is 0 Å². The van der Waals surface area contributed by atoms with Gasteiger partial charge in [-0.05, 0) is 60.6 Å². The van der Waals surface area contributed by atoms with E-state index in [1.54, 1.807) is 0 Å². The van der Waals surface area contributed by atoms with E-state index in [4.69, 9.17) is 16.6 Å². The number of rotatable bonds is 8. The molecule has 3 rings (SSSR count). The van der Waals surface area contributed by atoms with Crippen molar-refractivity contribution in [3.63, 3.8) is 0 Å². The summed E-state index contributed by atoms with van der Waals surface area (Å²) in [4.78, 5) is 9.11. The van der Waals surface area contributed by atoms with Crippen LogP contribution in [0.2, 0.25) is 5.15 Å². The summed E-state index contributed by atoms with van der Waals surface area (Å²) < 4.78 is 0. The van der Waals surface area contributed by atoms with Crippen molar-refractivity contribution in [2.75, 3.05) is 0 Å². The zero-order chi connectivity index (χ0) is 21.2. The SMILES string of the molecule is C=C(NC(CC)CCC)c1cc(Cc2ccc(Cl)nc2)c2c(n1)=CCCC=2.CC. The summed E-state index contributed by atoms with van der Waals surface area (Å²) in [7, 11) is 0. The number of fused-ring (bicyclic) bond motifs is 1. The normalized spacial score (nSPS) is 13.1. The zero-order valence-electron chi connectivity index (χ0n) is 18.3. The third kappa shape index (κ3) is 6.43. The first kappa shape index (κ1) is 23.2. The van der Waals surface area contributed by atoms with E-state index in [1.165, 1.54) is 10.8 Å². The van der Waals surface area contributed by atoms with Gasteiger partial charge >= 0.3 is 0 Å². The summed E-state index contributed by atoms with van der Waals surface area (Å²) in [6.07, 6.45) is 12.7. The molecule has 0 amide bonds. The Hall–Kier alpha value is -2.13. The minimum Gasteiger partial charge on any atom is -0.381 e. The molecular formula is C25H34ClN3. The van der Waals surface area contributed by atoms with E-state index < -0.39 is 0 Å². The van der Waals surface area contributed by atoms with Crippen LogP contribution in [0.1, 0.15) is 76.6 Å². The van der Waals surface area contributed by atoms with Gasteiger partial charge in [-0.2, -0.15) is 0 Å². The highest BCUT2D eigenvalue weighted by atomic mass is 35.5. The molecule has 2 heterocycles. The molecule has 0 saturated carbocycles. The van der Waals surface area contributed by atoms with Crippen LogP contribution < -0.4 is 15.9 Å². The monoisotopic (exact) mass is 411 g/mol. The molecule has 1 atom stereocenters. The van der Waals surface area contributed by atoms with Gasteiger partial charge in [-0.3, -0.25) is 0 Å². The molecular weight excluding hydrogens is 378 g/mol. The van der Waals surface area contributed by atoms with Crippen LogP contribution in [0.5, 0.6) is 0 Å². The van der Waals surface area contributed by atoms with Gasteiger partial charge in [0.2, 0.25) is 0 Å². The van der Waals surface area contributed by atoms with Gasteiger partial charge in [-0.25, -0.2) is 9.97 Å². The highest BCUT2D eigenvalue weighted by Crippen LogP contribution is 2.14. The zero-order valence-corrected chi connectivity index (χ0v) is 19.0. The van der Waals surface area contributed by atoms with Gasteiger partial charge in [0.25, 0.3) is 0 Å². The number of nitrogens with one attached hydrogen (secondary N) is 1. The van der Waals surface area contributed by atoms with Crippen LogP contribution in [0.25, 0.3) is 17.8 Å². The van der Waals surface area contributed by atoms with E-state index in [0.717, 1.165) is 60.8 Å². The average Bonchev–Trinajstić information content (AvgIpc) is 2.76. The summed E-state index contributed by atoms with van der Waals surface area (Å²) in [6, 6.07) is 6.51. The lowest BCUT2D eigenvalue weighted by Crippen LogP contribution is -2.36. The molecule has 0 aliphatic heterocycles. The molecule has 0 saturated heterocycles. The lowest BCUT2D eigenvalue weighted by molar-refractivity contribution is 0.528. The maximum Gasteiger partial charge on any atom is 0.129 e. The minimum absolute atomic E-state index is 0.444. The maximum atomic E-state index is 5.93. The van der Waals surface area contributed by atoms with Crippen molar-refractivity contribution in [2.45, 2.75) is 72.3 Å². The smallest absolute Gasteiger partial charge is 0.129 e. The Morgan fingerprint density at radius 2 is 1.97 bits per heavy atom. The van der Waals surface area contributed by atoms with Gasteiger partial charge in [0.1, 0.15) is 5.15 Å². The predicted octanol–water partition coefficient (Wildman–Crippen LogP) is 5.24.